The summed E-state index contributed by atoms with van der Waals surface area (Å²) in [6.07, 6.45) is 6.82. The van der Waals surface area contributed by atoms with E-state index in [9.17, 15) is 4.79 Å². The molecule has 0 radical (unpaired) electrons. The van der Waals surface area contributed by atoms with Gasteiger partial charge in [-0.2, -0.15) is 0 Å². The van der Waals surface area contributed by atoms with Crippen LogP contribution < -0.4 is 0 Å². The molecule has 1 unspecified atom stereocenters. The molecule has 1 aromatic heterocycles. The van der Waals surface area contributed by atoms with Crippen LogP contribution in [-0.4, -0.2) is 69.1 Å². The maximum absolute atomic E-state index is 13.4. The van der Waals surface area contributed by atoms with Crippen LogP contribution in [-0.2, 0) is 6.54 Å². The first kappa shape index (κ1) is 21.2. The van der Waals surface area contributed by atoms with Gasteiger partial charge in [0.25, 0.3) is 5.91 Å². The average molecular weight is 455 g/mol. The predicted molar refractivity (Wildman–Crippen MR) is 131 cm³/mol. The lowest BCUT2D eigenvalue weighted by atomic mass is 9.96. The van der Waals surface area contributed by atoms with E-state index in [-0.39, 0.29) is 5.91 Å². The summed E-state index contributed by atoms with van der Waals surface area (Å²) in [5.41, 5.74) is 5.51. The van der Waals surface area contributed by atoms with Crippen molar-refractivity contribution in [3.63, 3.8) is 0 Å². The number of aromatic nitrogens is 3. The molecule has 7 heteroatoms. The van der Waals surface area contributed by atoms with Gasteiger partial charge in [-0.05, 0) is 68.5 Å². The SMILES string of the molecule is O=C(c1cccc(-n2cc(C3=NCc4ccccc43)nn2)c1)N1CCCC(CN2CCCC2)C1. The van der Waals surface area contributed by atoms with Gasteiger partial charge in [-0.15, -0.1) is 5.10 Å². The van der Waals surface area contributed by atoms with Gasteiger partial charge in [0.1, 0.15) is 5.69 Å². The Morgan fingerprint density at radius 2 is 1.88 bits per heavy atom. The van der Waals surface area contributed by atoms with Gasteiger partial charge in [-0.3, -0.25) is 9.79 Å². The summed E-state index contributed by atoms with van der Waals surface area (Å²) in [5, 5.41) is 8.72. The van der Waals surface area contributed by atoms with Crippen LogP contribution in [0.1, 0.15) is 52.9 Å². The summed E-state index contributed by atoms with van der Waals surface area (Å²) in [4.78, 5) is 22.6. The van der Waals surface area contributed by atoms with Crippen molar-refractivity contribution in [2.75, 3.05) is 32.7 Å². The molecule has 3 aliphatic heterocycles. The Bertz CT molecular complexity index is 1230. The van der Waals surface area contributed by atoms with Crippen molar-refractivity contribution in [3.05, 3.63) is 77.1 Å². The molecular weight excluding hydrogens is 424 g/mol. The van der Waals surface area contributed by atoms with Crippen molar-refractivity contribution < 1.29 is 4.79 Å². The van der Waals surface area contributed by atoms with Crippen LogP contribution in [0.3, 0.4) is 0 Å². The molecule has 3 aliphatic rings. The van der Waals surface area contributed by atoms with Gasteiger partial charge in [0.15, 0.2) is 0 Å². The second-order valence-electron chi connectivity index (χ2n) is 9.69. The van der Waals surface area contributed by atoms with Gasteiger partial charge in [-0.1, -0.05) is 35.5 Å². The van der Waals surface area contributed by atoms with Gasteiger partial charge < -0.3 is 9.80 Å². The fourth-order valence-electron chi connectivity index (χ4n) is 5.55. The zero-order chi connectivity index (χ0) is 22.9. The number of aliphatic imine (C=N–C) groups is 1. The Hall–Kier alpha value is -3.32. The number of piperidine rings is 1. The summed E-state index contributed by atoms with van der Waals surface area (Å²) in [7, 11) is 0. The maximum Gasteiger partial charge on any atom is 0.253 e. The van der Waals surface area contributed by atoms with Crippen molar-refractivity contribution in [3.8, 4) is 5.69 Å². The molecule has 6 rings (SSSR count). The van der Waals surface area contributed by atoms with Crippen LogP contribution in [0.4, 0.5) is 0 Å². The molecule has 2 fully saturated rings. The van der Waals surface area contributed by atoms with Gasteiger partial charge in [0.2, 0.25) is 0 Å². The van der Waals surface area contributed by atoms with E-state index in [1.165, 1.54) is 37.9 Å². The van der Waals surface area contributed by atoms with Crippen molar-refractivity contribution in [2.24, 2.45) is 10.9 Å². The lowest BCUT2D eigenvalue weighted by Crippen LogP contribution is -2.43. The number of carbonyl (C=O) groups excluding carboxylic acids is 1. The molecule has 34 heavy (non-hydrogen) atoms. The third-order valence-electron chi connectivity index (χ3n) is 7.29. The Labute approximate surface area is 200 Å². The lowest BCUT2D eigenvalue weighted by molar-refractivity contribution is 0.0648. The third-order valence-corrected chi connectivity index (χ3v) is 7.29. The highest BCUT2D eigenvalue weighted by molar-refractivity contribution is 6.13. The average Bonchev–Trinajstić information content (AvgIpc) is 3.64. The third kappa shape index (κ3) is 4.16. The molecule has 174 valence electrons. The molecule has 1 atom stereocenters. The molecule has 7 nitrogen and oxygen atoms in total. The zero-order valence-corrected chi connectivity index (χ0v) is 19.4. The number of benzene rings is 2. The summed E-state index contributed by atoms with van der Waals surface area (Å²) >= 11 is 0. The molecule has 0 N–H and O–H groups in total. The Morgan fingerprint density at radius 1 is 1.00 bits per heavy atom. The zero-order valence-electron chi connectivity index (χ0n) is 19.4. The normalized spacial score (nSPS) is 20.4. The van der Waals surface area contributed by atoms with Crippen LogP contribution in [0.5, 0.6) is 0 Å². The monoisotopic (exact) mass is 454 g/mol. The minimum atomic E-state index is 0.113. The minimum Gasteiger partial charge on any atom is -0.338 e. The van der Waals surface area contributed by atoms with E-state index in [4.69, 9.17) is 0 Å². The van der Waals surface area contributed by atoms with E-state index in [0.717, 1.165) is 48.7 Å². The first-order valence-corrected chi connectivity index (χ1v) is 12.4. The Kier molecular flexibility index (Phi) is 5.71. The molecule has 0 bridgehead atoms. The van der Waals surface area contributed by atoms with E-state index in [1.54, 1.807) is 4.68 Å². The number of nitrogens with zero attached hydrogens (tertiary/aromatic N) is 6. The van der Waals surface area contributed by atoms with Crippen LogP contribution in [0.25, 0.3) is 5.69 Å². The summed E-state index contributed by atoms with van der Waals surface area (Å²) in [5.74, 6) is 0.689. The van der Waals surface area contributed by atoms with Gasteiger partial charge in [0.05, 0.1) is 24.1 Å². The highest BCUT2D eigenvalue weighted by Gasteiger charge is 2.27. The topological polar surface area (TPSA) is 66.6 Å². The van der Waals surface area contributed by atoms with E-state index >= 15 is 0 Å². The Balaban J connectivity index is 1.17. The highest BCUT2D eigenvalue weighted by atomic mass is 16.2. The molecular formula is C27H30N6O. The number of carbonyl (C=O) groups is 1. The number of rotatable bonds is 5. The maximum atomic E-state index is 13.4. The second-order valence-corrected chi connectivity index (χ2v) is 9.69. The predicted octanol–water partition coefficient (Wildman–Crippen LogP) is 3.57. The van der Waals surface area contributed by atoms with Gasteiger partial charge in [-0.25, -0.2) is 4.68 Å². The van der Waals surface area contributed by atoms with Crippen molar-refractivity contribution >= 4 is 11.6 Å². The highest BCUT2D eigenvalue weighted by Crippen LogP contribution is 2.24. The summed E-state index contributed by atoms with van der Waals surface area (Å²) in [6, 6.07) is 16.0. The number of hydrogen-bond acceptors (Lipinski definition) is 5. The molecule has 0 aliphatic carbocycles. The molecule has 3 aromatic rings. The van der Waals surface area contributed by atoms with Crippen molar-refractivity contribution in [1.82, 2.24) is 24.8 Å². The fraction of sp³-hybridized carbons (Fsp3) is 0.407. The summed E-state index contributed by atoms with van der Waals surface area (Å²) < 4.78 is 1.74. The number of amides is 1. The van der Waals surface area contributed by atoms with Crippen LogP contribution in [0.2, 0.25) is 0 Å². The van der Waals surface area contributed by atoms with E-state index < -0.39 is 0 Å². The van der Waals surface area contributed by atoms with Crippen LogP contribution in [0.15, 0.2) is 59.7 Å². The number of hydrogen-bond donors (Lipinski definition) is 0. The molecule has 0 saturated carbocycles. The molecule has 4 heterocycles. The van der Waals surface area contributed by atoms with Crippen LogP contribution in [0, 0.1) is 5.92 Å². The quantitative estimate of drug-likeness (QED) is 0.591. The van der Waals surface area contributed by atoms with E-state index in [0.29, 0.717) is 18.0 Å². The Morgan fingerprint density at radius 3 is 2.79 bits per heavy atom. The number of likely N-dealkylation sites (tertiary alicyclic amines) is 2. The van der Waals surface area contributed by atoms with E-state index in [2.05, 4.69) is 32.3 Å². The number of fused-ring (bicyclic) bond motifs is 1. The summed E-state index contributed by atoms with van der Waals surface area (Å²) in [6.45, 7) is 5.92. The first-order chi connectivity index (χ1) is 16.7. The minimum absolute atomic E-state index is 0.113. The van der Waals surface area contributed by atoms with E-state index in [1.807, 2.05) is 47.5 Å². The molecule has 1 amide bonds. The first-order valence-electron chi connectivity index (χ1n) is 12.4. The fourth-order valence-corrected chi connectivity index (χ4v) is 5.55. The largest absolute Gasteiger partial charge is 0.338 e. The van der Waals surface area contributed by atoms with Crippen molar-refractivity contribution in [1.29, 1.82) is 0 Å². The van der Waals surface area contributed by atoms with Crippen LogP contribution >= 0.6 is 0 Å². The molecule has 2 aromatic carbocycles. The van der Waals surface area contributed by atoms with Crippen molar-refractivity contribution in [2.45, 2.75) is 32.2 Å². The van der Waals surface area contributed by atoms with Gasteiger partial charge >= 0.3 is 0 Å². The standard InChI is InChI=1S/C27H30N6O/c34-27(32-14-6-7-20(18-32)17-31-12-3-4-13-31)21-9-5-10-23(15-21)33-19-25(29-30-33)26-24-11-2-1-8-22(24)16-28-26/h1-2,5,8-11,15,19-20H,3-4,6-7,12-14,16-18H2. The van der Waals surface area contributed by atoms with Gasteiger partial charge in [0, 0.05) is 30.8 Å². The smallest absolute Gasteiger partial charge is 0.253 e. The molecule has 0 spiro atoms. The molecule has 2 saturated heterocycles. The second kappa shape index (κ2) is 9.14. The lowest BCUT2D eigenvalue weighted by Gasteiger charge is -2.34.